The van der Waals surface area contributed by atoms with Crippen LogP contribution in [0.2, 0.25) is 5.02 Å². The van der Waals surface area contributed by atoms with Gasteiger partial charge in [-0.25, -0.2) is 0 Å². The standard InChI is InChI=1S/C15H18ClNO2/c1-8(2)15(19-7-18)12-5-11(16)6-13-14(12)9(3)10(4)17-13/h5-8,15,17H,1-4H3. The van der Waals surface area contributed by atoms with Gasteiger partial charge >= 0.3 is 0 Å². The first-order valence-corrected chi connectivity index (χ1v) is 6.71. The van der Waals surface area contributed by atoms with Crippen LogP contribution >= 0.6 is 11.6 Å². The molecule has 1 unspecified atom stereocenters. The van der Waals surface area contributed by atoms with E-state index in [0.717, 1.165) is 22.2 Å². The van der Waals surface area contributed by atoms with Crippen LogP contribution < -0.4 is 0 Å². The van der Waals surface area contributed by atoms with Crippen LogP contribution in [-0.4, -0.2) is 11.5 Å². The summed E-state index contributed by atoms with van der Waals surface area (Å²) >= 11 is 6.17. The molecule has 19 heavy (non-hydrogen) atoms. The highest BCUT2D eigenvalue weighted by atomic mass is 35.5. The summed E-state index contributed by atoms with van der Waals surface area (Å²) < 4.78 is 5.26. The molecule has 1 N–H and O–H groups in total. The van der Waals surface area contributed by atoms with Gasteiger partial charge in [0.2, 0.25) is 0 Å². The van der Waals surface area contributed by atoms with Crippen molar-refractivity contribution in [3.63, 3.8) is 0 Å². The number of carbonyl (C=O) groups excluding carboxylic acids is 1. The van der Waals surface area contributed by atoms with Gasteiger partial charge in [-0.2, -0.15) is 0 Å². The molecule has 0 saturated heterocycles. The number of aromatic nitrogens is 1. The van der Waals surface area contributed by atoms with Gasteiger partial charge in [-0.1, -0.05) is 25.4 Å². The van der Waals surface area contributed by atoms with Gasteiger partial charge < -0.3 is 9.72 Å². The highest BCUT2D eigenvalue weighted by molar-refractivity contribution is 6.31. The summed E-state index contributed by atoms with van der Waals surface area (Å²) in [4.78, 5) is 14.1. The van der Waals surface area contributed by atoms with E-state index in [1.807, 2.05) is 32.9 Å². The number of carbonyl (C=O) groups is 1. The fraction of sp³-hybridized carbons (Fsp3) is 0.400. The summed E-state index contributed by atoms with van der Waals surface area (Å²) in [6.45, 7) is 8.64. The molecule has 0 amide bonds. The van der Waals surface area contributed by atoms with Gasteiger partial charge in [-0.15, -0.1) is 0 Å². The van der Waals surface area contributed by atoms with Crippen LogP contribution in [0.25, 0.3) is 10.9 Å². The molecule has 0 aliphatic carbocycles. The van der Waals surface area contributed by atoms with Crippen molar-refractivity contribution in [2.24, 2.45) is 5.92 Å². The first kappa shape index (κ1) is 13.9. The predicted octanol–water partition coefficient (Wildman–Crippen LogP) is 4.31. The van der Waals surface area contributed by atoms with Crippen molar-refractivity contribution in [3.05, 3.63) is 34.0 Å². The van der Waals surface area contributed by atoms with Crippen molar-refractivity contribution < 1.29 is 9.53 Å². The minimum atomic E-state index is -0.285. The molecule has 2 aromatic rings. The molecule has 0 aliphatic heterocycles. The number of benzene rings is 1. The molecule has 0 fully saturated rings. The van der Waals surface area contributed by atoms with Crippen LogP contribution in [0.3, 0.4) is 0 Å². The summed E-state index contributed by atoms with van der Waals surface area (Å²) in [5, 5.41) is 1.74. The Balaban J connectivity index is 2.72. The molecule has 0 radical (unpaired) electrons. The van der Waals surface area contributed by atoms with Crippen molar-refractivity contribution in [3.8, 4) is 0 Å². The van der Waals surface area contributed by atoms with Gasteiger partial charge in [0.15, 0.2) is 0 Å². The quantitative estimate of drug-likeness (QED) is 0.848. The van der Waals surface area contributed by atoms with Gasteiger partial charge in [0.25, 0.3) is 6.47 Å². The molecule has 102 valence electrons. The maximum Gasteiger partial charge on any atom is 0.293 e. The van der Waals surface area contributed by atoms with Gasteiger partial charge in [0, 0.05) is 27.2 Å². The topological polar surface area (TPSA) is 42.1 Å². The molecule has 0 spiro atoms. The van der Waals surface area contributed by atoms with E-state index >= 15 is 0 Å². The lowest BCUT2D eigenvalue weighted by molar-refractivity contribution is -0.135. The molecule has 4 heteroatoms. The molecule has 0 bridgehead atoms. The Morgan fingerprint density at radius 1 is 1.32 bits per heavy atom. The van der Waals surface area contributed by atoms with E-state index in [4.69, 9.17) is 16.3 Å². The van der Waals surface area contributed by atoms with Crippen LogP contribution in [0, 0.1) is 19.8 Å². The van der Waals surface area contributed by atoms with E-state index < -0.39 is 0 Å². The number of halogens is 1. The Hall–Kier alpha value is -1.48. The summed E-state index contributed by atoms with van der Waals surface area (Å²) in [5.74, 6) is 0.182. The number of fused-ring (bicyclic) bond motifs is 1. The SMILES string of the molecule is Cc1[nH]c2cc(Cl)cc(C(OC=O)C(C)C)c2c1C. The third-order valence-corrected chi connectivity index (χ3v) is 3.73. The lowest BCUT2D eigenvalue weighted by atomic mass is 9.94. The Morgan fingerprint density at radius 2 is 2.00 bits per heavy atom. The fourth-order valence-electron chi connectivity index (χ4n) is 2.50. The summed E-state index contributed by atoms with van der Waals surface area (Å²) in [6.07, 6.45) is -0.285. The van der Waals surface area contributed by atoms with E-state index in [1.54, 1.807) is 0 Å². The van der Waals surface area contributed by atoms with Crippen LogP contribution in [0.4, 0.5) is 0 Å². The number of hydrogen-bond donors (Lipinski definition) is 1. The molecule has 1 aromatic heterocycles. The Labute approximate surface area is 117 Å². The Morgan fingerprint density at radius 3 is 2.58 bits per heavy atom. The Kier molecular flexibility index (Phi) is 3.85. The fourth-order valence-corrected chi connectivity index (χ4v) is 2.73. The maximum absolute atomic E-state index is 10.7. The summed E-state index contributed by atoms with van der Waals surface area (Å²) in [5.41, 5.74) is 4.22. The van der Waals surface area contributed by atoms with Gasteiger partial charge in [0.05, 0.1) is 0 Å². The van der Waals surface area contributed by atoms with E-state index in [9.17, 15) is 4.79 Å². The average Bonchev–Trinajstić information content (AvgIpc) is 2.60. The van der Waals surface area contributed by atoms with E-state index in [2.05, 4.69) is 11.9 Å². The van der Waals surface area contributed by atoms with Gasteiger partial charge in [-0.05, 0) is 37.5 Å². The second-order valence-corrected chi connectivity index (χ2v) is 5.63. The largest absolute Gasteiger partial charge is 0.459 e. The van der Waals surface area contributed by atoms with Crippen molar-refractivity contribution in [2.45, 2.75) is 33.8 Å². The van der Waals surface area contributed by atoms with E-state index in [-0.39, 0.29) is 12.0 Å². The third-order valence-electron chi connectivity index (χ3n) is 3.51. The highest BCUT2D eigenvalue weighted by Crippen LogP contribution is 2.36. The number of H-pyrrole nitrogens is 1. The normalized spacial score (nSPS) is 12.9. The molecular weight excluding hydrogens is 262 g/mol. The second-order valence-electron chi connectivity index (χ2n) is 5.19. The van der Waals surface area contributed by atoms with Crippen LogP contribution in [0.5, 0.6) is 0 Å². The number of aromatic amines is 1. The molecule has 1 aromatic carbocycles. The van der Waals surface area contributed by atoms with Crippen molar-refractivity contribution in [1.29, 1.82) is 0 Å². The van der Waals surface area contributed by atoms with Crippen molar-refractivity contribution in [2.75, 3.05) is 0 Å². The number of ether oxygens (including phenoxy) is 1. The monoisotopic (exact) mass is 279 g/mol. The molecule has 0 saturated carbocycles. The number of aryl methyl sites for hydroxylation is 2. The second kappa shape index (κ2) is 5.25. The number of nitrogens with one attached hydrogen (secondary N) is 1. The average molecular weight is 280 g/mol. The van der Waals surface area contributed by atoms with Crippen LogP contribution in [0.15, 0.2) is 12.1 Å². The number of rotatable bonds is 4. The molecule has 3 nitrogen and oxygen atoms in total. The lowest BCUT2D eigenvalue weighted by Crippen LogP contribution is -2.11. The molecule has 1 heterocycles. The van der Waals surface area contributed by atoms with Gasteiger partial charge in [-0.3, -0.25) is 4.79 Å². The zero-order valence-electron chi connectivity index (χ0n) is 11.6. The summed E-state index contributed by atoms with van der Waals surface area (Å²) in [7, 11) is 0. The van der Waals surface area contributed by atoms with E-state index in [0.29, 0.717) is 11.5 Å². The zero-order chi connectivity index (χ0) is 14.2. The summed E-state index contributed by atoms with van der Waals surface area (Å²) in [6, 6.07) is 3.79. The smallest absolute Gasteiger partial charge is 0.293 e. The molecule has 2 rings (SSSR count). The molecule has 0 aliphatic rings. The molecular formula is C15H18ClNO2. The minimum absolute atomic E-state index is 0.182. The lowest BCUT2D eigenvalue weighted by Gasteiger charge is -2.21. The predicted molar refractivity (Wildman–Crippen MR) is 77.5 cm³/mol. The van der Waals surface area contributed by atoms with Crippen LogP contribution in [-0.2, 0) is 9.53 Å². The van der Waals surface area contributed by atoms with Gasteiger partial charge in [0.1, 0.15) is 6.10 Å². The van der Waals surface area contributed by atoms with Crippen molar-refractivity contribution >= 4 is 29.0 Å². The van der Waals surface area contributed by atoms with Crippen molar-refractivity contribution in [1.82, 2.24) is 4.98 Å². The first-order chi connectivity index (χ1) is 8.95. The zero-order valence-corrected chi connectivity index (χ0v) is 12.3. The minimum Gasteiger partial charge on any atom is -0.459 e. The number of hydrogen-bond acceptors (Lipinski definition) is 2. The Bertz CT molecular complexity index is 616. The highest BCUT2D eigenvalue weighted by Gasteiger charge is 2.22. The van der Waals surface area contributed by atoms with E-state index in [1.165, 1.54) is 5.56 Å². The third kappa shape index (κ3) is 2.47. The first-order valence-electron chi connectivity index (χ1n) is 6.33. The molecule has 1 atom stereocenters. The van der Waals surface area contributed by atoms with Crippen LogP contribution in [0.1, 0.15) is 36.8 Å². The maximum atomic E-state index is 10.7.